The third kappa shape index (κ3) is 2.73. The van der Waals surface area contributed by atoms with Crippen molar-refractivity contribution in [2.75, 3.05) is 6.66 Å². The van der Waals surface area contributed by atoms with Gasteiger partial charge in [0, 0.05) is 0 Å². The fraction of sp³-hybridized carbons (Fsp3) is 1.00. The Kier molecular flexibility index (Phi) is 5.23. The first-order valence-corrected chi connectivity index (χ1v) is 6.70. The van der Waals surface area contributed by atoms with Crippen LogP contribution in [0.3, 0.4) is 0 Å². The van der Waals surface area contributed by atoms with Crippen molar-refractivity contribution in [3.63, 3.8) is 0 Å². The Bertz CT molecular complexity index is 85.6. The van der Waals surface area contributed by atoms with Crippen LogP contribution in [0, 0.1) is 11.8 Å². The van der Waals surface area contributed by atoms with Gasteiger partial charge in [-0.05, 0) is 11.8 Å². The minimum absolute atomic E-state index is 1.16. The summed E-state index contributed by atoms with van der Waals surface area (Å²) in [4.78, 5) is 0. The SMILES string of the molecule is C1CCC2CCCCC2C1.CP. The Labute approximate surface area is 79.7 Å². The highest BCUT2D eigenvalue weighted by molar-refractivity contribution is 7.15. The third-order valence-corrected chi connectivity index (χ3v) is 3.47. The van der Waals surface area contributed by atoms with Crippen LogP contribution >= 0.6 is 9.24 Å². The van der Waals surface area contributed by atoms with E-state index in [-0.39, 0.29) is 0 Å². The van der Waals surface area contributed by atoms with Crippen molar-refractivity contribution in [1.82, 2.24) is 0 Å². The predicted molar refractivity (Wildman–Crippen MR) is 59.6 cm³/mol. The second-order valence-electron chi connectivity index (χ2n) is 4.09. The molecule has 0 nitrogen and oxygen atoms in total. The molecule has 2 fully saturated rings. The Morgan fingerprint density at radius 3 is 1.17 bits per heavy atom. The summed E-state index contributed by atoms with van der Waals surface area (Å²) in [6.45, 7) is 1.92. The second-order valence-corrected chi connectivity index (χ2v) is 4.09. The van der Waals surface area contributed by atoms with Gasteiger partial charge in [0.1, 0.15) is 0 Å². The minimum Gasteiger partial charge on any atom is -0.141 e. The van der Waals surface area contributed by atoms with Gasteiger partial charge in [-0.15, -0.1) is 9.24 Å². The molecular formula is C11H23P. The maximum atomic E-state index is 2.42. The summed E-state index contributed by atoms with van der Waals surface area (Å²) < 4.78 is 0. The molecule has 2 saturated carbocycles. The van der Waals surface area contributed by atoms with Crippen molar-refractivity contribution in [3.8, 4) is 0 Å². The van der Waals surface area contributed by atoms with Gasteiger partial charge in [0.25, 0.3) is 0 Å². The molecule has 0 aromatic heterocycles. The molecule has 0 radical (unpaired) electrons. The zero-order chi connectivity index (χ0) is 8.81. The maximum Gasteiger partial charge on any atom is -0.0386 e. The van der Waals surface area contributed by atoms with Crippen molar-refractivity contribution in [3.05, 3.63) is 0 Å². The van der Waals surface area contributed by atoms with E-state index < -0.39 is 0 Å². The molecule has 2 aliphatic rings. The number of fused-ring (bicyclic) bond motifs is 1. The van der Waals surface area contributed by atoms with Crippen LogP contribution in [0.15, 0.2) is 0 Å². The lowest BCUT2D eigenvalue weighted by Gasteiger charge is -2.35. The van der Waals surface area contributed by atoms with E-state index in [4.69, 9.17) is 0 Å². The summed E-state index contributed by atoms with van der Waals surface area (Å²) in [5.74, 6) is 2.31. The lowest BCUT2D eigenvalue weighted by Crippen LogP contribution is -2.22. The Morgan fingerprint density at radius 2 is 0.917 bits per heavy atom. The highest BCUT2D eigenvalue weighted by Gasteiger charge is 2.26. The van der Waals surface area contributed by atoms with Crippen molar-refractivity contribution < 1.29 is 0 Å². The van der Waals surface area contributed by atoms with Crippen LogP contribution < -0.4 is 0 Å². The molecule has 2 rings (SSSR count). The Hall–Kier alpha value is 0.430. The molecule has 0 aromatic rings. The zero-order valence-corrected chi connectivity index (χ0v) is 9.54. The molecule has 0 amide bonds. The highest BCUT2D eigenvalue weighted by atomic mass is 31.0. The van der Waals surface area contributed by atoms with Gasteiger partial charge in [-0.3, -0.25) is 0 Å². The van der Waals surface area contributed by atoms with Crippen molar-refractivity contribution in [1.29, 1.82) is 0 Å². The highest BCUT2D eigenvalue weighted by Crippen LogP contribution is 2.39. The average Bonchev–Trinajstić information content (AvgIpc) is 2.21. The van der Waals surface area contributed by atoms with Crippen LogP contribution in [0.25, 0.3) is 0 Å². The predicted octanol–water partition coefficient (Wildman–Crippen LogP) is 3.86. The van der Waals surface area contributed by atoms with E-state index >= 15 is 0 Å². The first-order valence-electron chi connectivity index (χ1n) is 5.54. The first-order chi connectivity index (χ1) is 5.97. The van der Waals surface area contributed by atoms with E-state index in [2.05, 4.69) is 9.24 Å². The summed E-state index contributed by atoms with van der Waals surface area (Å²) in [5, 5.41) is 0. The van der Waals surface area contributed by atoms with E-state index in [9.17, 15) is 0 Å². The minimum atomic E-state index is 1.16. The van der Waals surface area contributed by atoms with E-state index in [1.807, 2.05) is 6.66 Å². The molecule has 0 N–H and O–H groups in total. The Balaban J connectivity index is 0.000000336. The number of hydrogen-bond donors (Lipinski definition) is 0. The molecule has 0 aromatic carbocycles. The van der Waals surface area contributed by atoms with Crippen LogP contribution in [0.2, 0.25) is 0 Å². The smallest absolute Gasteiger partial charge is 0.0386 e. The molecule has 0 bridgehead atoms. The van der Waals surface area contributed by atoms with Gasteiger partial charge in [0.2, 0.25) is 0 Å². The largest absolute Gasteiger partial charge is 0.141 e. The standard InChI is InChI=1S/C10H18.CH5P/c1-2-6-10-8-4-3-7-9(10)5-1;1-2/h9-10H,1-8H2;2H2,1H3. The van der Waals surface area contributed by atoms with Crippen LogP contribution in [0.4, 0.5) is 0 Å². The Morgan fingerprint density at radius 1 is 0.667 bits per heavy atom. The molecule has 0 spiro atoms. The van der Waals surface area contributed by atoms with E-state index in [0.717, 1.165) is 11.8 Å². The van der Waals surface area contributed by atoms with E-state index in [0.29, 0.717) is 0 Å². The summed E-state index contributed by atoms with van der Waals surface area (Å²) in [7, 11) is 2.42. The van der Waals surface area contributed by atoms with Gasteiger partial charge in [0.15, 0.2) is 0 Å². The molecule has 0 heterocycles. The van der Waals surface area contributed by atoms with Gasteiger partial charge in [-0.1, -0.05) is 58.0 Å². The van der Waals surface area contributed by atoms with Gasteiger partial charge >= 0.3 is 0 Å². The quantitative estimate of drug-likeness (QED) is 0.504. The van der Waals surface area contributed by atoms with Gasteiger partial charge < -0.3 is 0 Å². The summed E-state index contributed by atoms with van der Waals surface area (Å²) >= 11 is 0. The molecule has 1 unspecified atom stereocenters. The summed E-state index contributed by atoms with van der Waals surface area (Å²) in [6, 6.07) is 0. The molecule has 72 valence electrons. The number of rotatable bonds is 0. The zero-order valence-electron chi connectivity index (χ0n) is 8.39. The van der Waals surface area contributed by atoms with Crippen LogP contribution in [0.1, 0.15) is 51.4 Å². The van der Waals surface area contributed by atoms with Crippen molar-refractivity contribution >= 4 is 9.24 Å². The fourth-order valence-electron chi connectivity index (χ4n) is 2.86. The van der Waals surface area contributed by atoms with Gasteiger partial charge in [-0.25, -0.2) is 0 Å². The third-order valence-electron chi connectivity index (χ3n) is 3.47. The van der Waals surface area contributed by atoms with Crippen LogP contribution in [0.5, 0.6) is 0 Å². The number of hydrogen-bond acceptors (Lipinski definition) is 0. The molecule has 12 heavy (non-hydrogen) atoms. The molecule has 2 aliphatic carbocycles. The average molecular weight is 186 g/mol. The van der Waals surface area contributed by atoms with E-state index in [1.54, 1.807) is 25.7 Å². The topological polar surface area (TPSA) is 0 Å². The molecule has 0 aliphatic heterocycles. The lowest BCUT2D eigenvalue weighted by molar-refractivity contribution is 0.171. The molecule has 1 atom stereocenters. The normalized spacial score (nSPS) is 34.5. The first kappa shape index (κ1) is 10.5. The van der Waals surface area contributed by atoms with Gasteiger partial charge in [0.05, 0.1) is 0 Å². The maximum absolute atomic E-state index is 2.42. The molecular weight excluding hydrogens is 163 g/mol. The van der Waals surface area contributed by atoms with Crippen molar-refractivity contribution in [2.24, 2.45) is 11.8 Å². The van der Waals surface area contributed by atoms with Crippen molar-refractivity contribution in [2.45, 2.75) is 51.4 Å². The monoisotopic (exact) mass is 186 g/mol. The summed E-state index contributed by atoms with van der Waals surface area (Å²) in [5.41, 5.74) is 0. The van der Waals surface area contributed by atoms with Crippen LogP contribution in [-0.2, 0) is 0 Å². The lowest BCUT2D eigenvalue weighted by atomic mass is 9.71. The molecule has 1 heteroatoms. The fourth-order valence-corrected chi connectivity index (χ4v) is 2.86. The summed E-state index contributed by atoms with van der Waals surface area (Å²) in [6.07, 6.45) is 12.4. The second kappa shape index (κ2) is 5.97. The van der Waals surface area contributed by atoms with Gasteiger partial charge in [-0.2, -0.15) is 0 Å². The van der Waals surface area contributed by atoms with E-state index in [1.165, 1.54) is 25.7 Å². The molecule has 0 saturated heterocycles. The van der Waals surface area contributed by atoms with Crippen LogP contribution in [-0.4, -0.2) is 6.66 Å².